The molecule has 112 valence electrons. The SMILES string of the molecule is CCCNc1cc(N2CCC(C)(O)C2)nc(CCC)n1. The average molecular weight is 278 g/mol. The minimum atomic E-state index is -0.604. The average Bonchev–Trinajstić information content (AvgIpc) is 2.77. The van der Waals surface area contributed by atoms with Gasteiger partial charge < -0.3 is 15.3 Å². The highest BCUT2D eigenvalue weighted by Gasteiger charge is 2.32. The molecule has 5 nitrogen and oxygen atoms in total. The fourth-order valence-corrected chi connectivity index (χ4v) is 2.46. The second kappa shape index (κ2) is 6.39. The predicted octanol–water partition coefficient (Wildman–Crippen LogP) is 2.21. The number of nitrogens with one attached hydrogen (secondary N) is 1. The Hall–Kier alpha value is -1.36. The van der Waals surface area contributed by atoms with Crippen LogP contribution in [0.3, 0.4) is 0 Å². The Labute approximate surface area is 121 Å². The number of aryl methyl sites for hydroxylation is 1. The molecule has 1 unspecified atom stereocenters. The molecule has 0 spiro atoms. The van der Waals surface area contributed by atoms with Crippen molar-refractivity contribution in [2.75, 3.05) is 29.9 Å². The smallest absolute Gasteiger partial charge is 0.134 e. The maximum absolute atomic E-state index is 10.1. The van der Waals surface area contributed by atoms with Crippen molar-refractivity contribution in [3.05, 3.63) is 11.9 Å². The van der Waals surface area contributed by atoms with Gasteiger partial charge in [-0.1, -0.05) is 13.8 Å². The van der Waals surface area contributed by atoms with Crippen LogP contribution in [0.25, 0.3) is 0 Å². The molecule has 1 aliphatic rings. The Morgan fingerprint density at radius 2 is 2.15 bits per heavy atom. The molecule has 0 radical (unpaired) electrons. The number of anilines is 2. The maximum Gasteiger partial charge on any atom is 0.134 e. The van der Waals surface area contributed by atoms with E-state index in [1.165, 1.54) is 0 Å². The van der Waals surface area contributed by atoms with Crippen molar-refractivity contribution in [2.45, 2.75) is 52.1 Å². The summed E-state index contributed by atoms with van der Waals surface area (Å²) in [6, 6.07) is 2.00. The molecule has 0 amide bonds. The lowest BCUT2D eigenvalue weighted by molar-refractivity contribution is 0.0839. The van der Waals surface area contributed by atoms with Crippen LogP contribution in [0.15, 0.2) is 6.07 Å². The van der Waals surface area contributed by atoms with Gasteiger partial charge in [-0.3, -0.25) is 0 Å². The summed E-state index contributed by atoms with van der Waals surface area (Å²) in [5.41, 5.74) is -0.604. The van der Waals surface area contributed by atoms with Gasteiger partial charge in [0.05, 0.1) is 5.60 Å². The van der Waals surface area contributed by atoms with Crippen molar-refractivity contribution >= 4 is 11.6 Å². The van der Waals surface area contributed by atoms with Crippen molar-refractivity contribution in [3.63, 3.8) is 0 Å². The third-order valence-corrected chi connectivity index (χ3v) is 3.56. The van der Waals surface area contributed by atoms with E-state index in [0.717, 1.165) is 56.2 Å². The number of rotatable bonds is 6. The lowest BCUT2D eigenvalue weighted by Gasteiger charge is -2.21. The number of β-amino-alcohol motifs (C(OH)–C–C–N with tert-alkyl or cyclic N) is 1. The minimum absolute atomic E-state index is 0.604. The normalized spacial score (nSPS) is 22.3. The minimum Gasteiger partial charge on any atom is -0.388 e. The van der Waals surface area contributed by atoms with Gasteiger partial charge in [0.2, 0.25) is 0 Å². The van der Waals surface area contributed by atoms with Crippen LogP contribution >= 0.6 is 0 Å². The highest BCUT2D eigenvalue weighted by Crippen LogP contribution is 2.26. The number of hydrogen-bond donors (Lipinski definition) is 2. The largest absolute Gasteiger partial charge is 0.388 e. The van der Waals surface area contributed by atoms with Crippen LogP contribution in [0.2, 0.25) is 0 Å². The van der Waals surface area contributed by atoms with Crippen LogP contribution in [-0.4, -0.2) is 40.3 Å². The summed E-state index contributed by atoms with van der Waals surface area (Å²) in [5.74, 6) is 2.71. The van der Waals surface area contributed by atoms with Crippen LogP contribution in [-0.2, 0) is 6.42 Å². The molecule has 1 saturated heterocycles. The molecule has 2 N–H and O–H groups in total. The van der Waals surface area contributed by atoms with Crippen molar-refractivity contribution in [2.24, 2.45) is 0 Å². The van der Waals surface area contributed by atoms with E-state index < -0.39 is 5.60 Å². The fourth-order valence-electron chi connectivity index (χ4n) is 2.46. The Morgan fingerprint density at radius 1 is 1.35 bits per heavy atom. The maximum atomic E-state index is 10.1. The highest BCUT2D eigenvalue weighted by atomic mass is 16.3. The third kappa shape index (κ3) is 3.82. The van der Waals surface area contributed by atoms with Gasteiger partial charge in [-0.2, -0.15) is 0 Å². The number of nitrogens with zero attached hydrogens (tertiary/aromatic N) is 3. The Morgan fingerprint density at radius 3 is 2.75 bits per heavy atom. The molecular formula is C15H26N4O. The molecule has 0 saturated carbocycles. The first-order valence-electron chi connectivity index (χ1n) is 7.63. The van der Waals surface area contributed by atoms with Gasteiger partial charge in [0.1, 0.15) is 17.5 Å². The van der Waals surface area contributed by atoms with Gasteiger partial charge >= 0.3 is 0 Å². The van der Waals surface area contributed by atoms with Crippen molar-refractivity contribution in [1.29, 1.82) is 0 Å². The summed E-state index contributed by atoms with van der Waals surface area (Å²) in [4.78, 5) is 11.4. The summed E-state index contributed by atoms with van der Waals surface area (Å²) in [5, 5.41) is 13.4. The van der Waals surface area contributed by atoms with Gasteiger partial charge in [-0.05, 0) is 26.2 Å². The van der Waals surface area contributed by atoms with Gasteiger partial charge in [0.15, 0.2) is 0 Å². The number of aliphatic hydroxyl groups is 1. The number of aromatic nitrogens is 2. The zero-order valence-electron chi connectivity index (χ0n) is 12.8. The van der Waals surface area contributed by atoms with Gasteiger partial charge in [0.25, 0.3) is 0 Å². The Balaban J connectivity index is 2.20. The monoisotopic (exact) mass is 278 g/mol. The van der Waals surface area contributed by atoms with E-state index in [1.54, 1.807) is 0 Å². The summed E-state index contributed by atoms with van der Waals surface area (Å²) in [6.07, 6.45) is 3.78. The first-order valence-corrected chi connectivity index (χ1v) is 7.63. The predicted molar refractivity (Wildman–Crippen MR) is 82.3 cm³/mol. The summed E-state index contributed by atoms with van der Waals surface area (Å²) < 4.78 is 0. The summed E-state index contributed by atoms with van der Waals surface area (Å²) in [6.45, 7) is 8.57. The van der Waals surface area contributed by atoms with Crippen LogP contribution < -0.4 is 10.2 Å². The lowest BCUT2D eigenvalue weighted by Crippen LogP contribution is -2.30. The van der Waals surface area contributed by atoms with Gasteiger partial charge in [-0.15, -0.1) is 0 Å². The van der Waals surface area contributed by atoms with Gasteiger partial charge in [-0.25, -0.2) is 9.97 Å². The number of hydrogen-bond acceptors (Lipinski definition) is 5. The molecule has 0 bridgehead atoms. The third-order valence-electron chi connectivity index (χ3n) is 3.56. The van der Waals surface area contributed by atoms with E-state index in [9.17, 15) is 5.11 Å². The van der Waals surface area contributed by atoms with E-state index in [1.807, 2.05) is 13.0 Å². The molecule has 1 aliphatic heterocycles. The highest BCUT2D eigenvalue weighted by molar-refractivity contribution is 5.50. The van der Waals surface area contributed by atoms with Crippen LogP contribution in [0.1, 0.15) is 45.9 Å². The molecule has 1 atom stereocenters. The Bertz CT molecular complexity index is 447. The molecular weight excluding hydrogens is 252 g/mol. The molecule has 5 heteroatoms. The van der Waals surface area contributed by atoms with Crippen molar-refractivity contribution in [3.8, 4) is 0 Å². The molecule has 20 heavy (non-hydrogen) atoms. The molecule has 2 rings (SSSR count). The second-order valence-corrected chi connectivity index (χ2v) is 5.87. The standard InChI is InChI=1S/C15H26N4O/c1-4-6-12-17-13(16-8-5-2)10-14(18-12)19-9-7-15(3,20)11-19/h10,20H,4-9,11H2,1-3H3,(H,16,17,18). The van der Waals surface area contributed by atoms with E-state index in [-0.39, 0.29) is 0 Å². The molecule has 1 fully saturated rings. The summed E-state index contributed by atoms with van der Waals surface area (Å²) in [7, 11) is 0. The van der Waals surface area contributed by atoms with E-state index >= 15 is 0 Å². The zero-order valence-corrected chi connectivity index (χ0v) is 12.8. The Kier molecular flexibility index (Phi) is 4.81. The molecule has 0 aromatic carbocycles. The van der Waals surface area contributed by atoms with Crippen LogP contribution in [0.5, 0.6) is 0 Å². The van der Waals surface area contributed by atoms with Gasteiger partial charge in [0, 0.05) is 32.1 Å². The van der Waals surface area contributed by atoms with E-state index in [2.05, 4.69) is 34.0 Å². The topological polar surface area (TPSA) is 61.3 Å². The molecule has 1 aromatic rings. The van der Waals surface area contributed by atoms with Crippen LogP contribution in [0.4, 0.5) is 11.6 Å². The van der Waals surface area contributed by atoms with Crippen LogP contribution in [0, 0.1) is 0 Å². The first kappa shape index (κ1) is 15.0. The molecule has 2 heterocycles. The molecule has 1 aromatic heterocycles. The van der Waals surface area contributed by atoms with E-state index in [0.29, 0.717) is 6.54 Å². The first-order chi connectivity index (χ1) is 9.54. The molecule has 0 aliphatic carbocycles. The van der Waals surface area contributed by atoms with E-state index in [4.69, 9.17) is 0 Å². The second-order valence-electron chi connectivity index (χ2n) is 5.87. The zero-order chi connectivity index (χ0) is 14.6. The van der Waals surface area contributed by atoms with Crippen molar-refractivity contribution in [1.82, 2.24) is 9.97 Å². The van der Waals surface area contributed by atoms with Crippen molar-refractivity contribution < 1.29 is 5.11 Å². The summed E-state index contributed by atoms with van der Waals surface area (Å²) >= 11 is 0. The lowest BCUT2D eigenvalue weighted by atomic mass is 10.1. The quantitative estimate of drug-likeness (QED) is 0.835. The fraction of sp³-hybridized carbons (Fsp3) is 0.733.